The summed E-state index contributed by atoms with van der Waals surface area (Å²) >= 11 is 5.40. The van der Waals surface area contributed by atoms with Crippen LogP contribution in [0.2, 0.25) is 0 Å². The zero-order valence-corrected chi connectivity index (χ0v) is 24.3. The van der Waals surface area contributed by atoms with Gasteiger partial charge in [-0.05, 0) is 48.9 Å². The number of hydrogen-bond donors (Lipinski definition) is 4. The number of aromatic amines is 1. The van der Waals surface area contributed by atoms with Crippen LogP contribution in [0.5, 0.6) is 5.75 Å². The van der Waals surface area contributed by atoms with Gasteiger partial charge in [0.15, 0.2) is 0 Å². The van der Waals surface area contributed by atoms with Crippen LogP contribution in [0, 0.1) is 0 Å². The Morgan fingerprint density at radius 1 is 1.23 bits per heavy atom. The molecule has 0 radical (unpaired) electrons. The quantitative estimate of drug-likeness (QED) is 0.144. The molecule has 0 spiro atoms. The van der Waals surface area contributed by atoms with E-state index in [1.54, 1.807) is 30.6 Å². The molecule has 1 aromatic carbocycles. The number of ether oxygens (including phenoxy) is 1. The highest BCUT2D eigenvalue weighted by atomic mass is 32.2. The number of aromatic nitrogens is 2. The van der Waals surface area contributed by atoms with Gasteiger partial charge in [-0.1, -0.05) is 0 Å². The third kappa shape index (κ3) is 6.82. The number of hydroxylamine groups is 1. The van der Waals surface area contributed by atoms with Crippen molar-refractivity contribution < 1.29 is 31.6 Å². The minimum Gasteiger partial charge on any atom is -0.494 e. The lowest BCUT2D eigenvalue weighted by Gasteiger charge is -2.38. The SMILES string of the molecule is CCOc1ccc(-c2ccc(S(=O)(=O)N3CCN(S(=O)(=O)CC(S)Cc4ncc[nH]4)C[C@@H]3C(=O)NO)s2)cc1. The Hall–Kier alpha value is -2.47. The van der Waals surface area contributed by atoms with Crippen molar-refractivity contribution in [2.45, 2.75) is 28.8 Å². The Morgan fingerprint density at radius 3 is 2.62 bits per heavy atom. The van der Waals surface area contributed by atoms with Gasteiger partial charge in [-0.15, -0.1) is 11.3 Å². The lowest BCUT2D eigenvalue weighted by atomic mass is 10.2. The molecule has 12 nitrogen and oxygen atoms in total. The first kappa shape index (κ1) is 29.5. The minimum atomic E-state index is -4.19. The van der Waals surface area contributed by atoms with Crippen molar-refractivity contribution in [1.29, 1.82) is 0 Å². The van der Waals surface area contributed by atoms with Crippen molar-refractivity contribution in [3.63, 3.8) is 0 Å². The molecule has 1 aliphatic rings. The summed E-state index contributed by atoms with van der Waals surface area (Å²) in [6.07, 6.45) is 3.45. The number of nitrogens with zero attached hydrogens (tertiary/aromatic N) is 3. The molecule has 1 fully saturated rings. The number of piperazine rings is 1. The van der Waals surface area contributed by atoms with Gasteiger partial charge in [0.05, 0.1) is 12.4 Å². The van der Waals surface area contributed by atoms with Crippen molar-refractivity contribution in [3.8, 4) is 16.2 Å². The number of sulfonamides is 2. The molecule has 2 aromatic heterocycles. The van der Waals surface area contributed by atoms with Crippen molar-refractivity contribution in [2.75, 3.05) is 32.0 Å². The standard InChI is InChI=1S/C23H29N5O7S4/c1-2-35-17-5-3-16(4-6-17)20-7-8-22(37-20)39(33,34)28-12-11-27(14-19(28)23(29)26-30)38(31,32)15-18(36)13-21-24-9-10-25-21/h3-10,18-19,30,36H,2,11-15H2,1H3,(H,24,25)(H,26,29)/t18?,19-/m1/s1. The highest BCUT2D eigenvalue weighted by molar-refractivity contribution is 7.91. The van der Waals surface area contributed by atoms with E-state index in [0.717, 1.165) is 25.5 Å². The molecule has 3 aromatic rings. The van der Waals surface area contributed by atoms with Gasteiger partial charge < -0.3 is 9.72 Å². The van der Waals surface area contributed by atoms with E-state index in [0.29, 0.717) is 23.1 Å². The second-order valence-electron chi connectivity index (χ2n) is 8.71. The number of amides is 1. The van der Waals surface area contributed by atoms with E-state index in [9.17, 15) is 26.8 Å². The van der Waals surface area contributed by atoms with E-state index in [1.165, 1.54) is 11.5 Å². The summed E-state index contributed by atoms with van der Waals surface area (Å²) in [5, 5.41) is 8.73. The van der Waals surface area contributed by atoms with Crippen molar-refractivity contribution in [2.24, 2.45) is 0 Å². The number of thiol groups is 1. The fourth-order valence-electron chi connectivity index (χ4n) is 4.22. The van der Waals surface area contributed by atoms with Crippen LogP contribution in [0.25, 0.3) is 10.4 Å². The number of thiophene rings is 1. The highest BCUT2D eigenvalue weighted by Gasteiger charge is 2.43. The summed E-state index contributed by atoms with van der Waals surface area (Å²) in [6, 6.07) is 8.86. The monoisotopic (exact) mass is 615 g/mol. The fourth-order valence-corrected chi connectivity index (χ4v) is 9.51. The zero-order chi connectivity index (χ0) is 28.2. The number of nitrogens with one attached hydrogen (secondary N) is 2. The molecule has 3 N–H and O–H groups in total. The number of carbonyl (C=O) groups is 1. The summed E-state index contributed by atoms with van der Waals surface area (Å²) in [4.78, 5) is 20.2. The molecule has 0 bridgehead atoms. The number of H-pyrrole nitrogens is 1. The number of benzene rings is 1. The van der Waals surface area contributed by atoms with Gasteiger partial charge >= 0.3 is 0 Å². The van der Waals surface area contributed by atoms with Gasteiger partial charge in [-0.25, -0.2) is 27.3 Å². The van der Waals surface area contributed by atoms with Crippen LogP contribution in [-0.2, 0) is 31.3 Å². The second-order valence-corrected chi connectivity index (χ2v) is 14.7. The zero-order valence-electron chi connectivity index (χ0n) is 20.9. The van der Waals surface area contributed by atoms with Gasteiger partial charge in [0, 0.05) is 48.6 Å². The summed E-state index contributed by atoms with van der Waals surface area (Å²) < 4.78 is 60.8. The maximum atomic E-state index is 13.6. The summed E-state index contributed by atoms with van der Waals surface area (Å²) in [7, 11) is -8.10. The third-order valence-electron chi connectivity index (χ3n) is 6.08. The van der Waals surface area contributed by atoms with Crippen LogP contribution in [0.4, 0.5) is 0 Å². The van der Waals surface area contributed by atoms with Crippen LogP contribution in [0.15, 0.2) is 53.0 Å². The number of hydrogen-bond acceptors (Lipinski definition) is 10. The van der Waals surface area contributed by atoms with Crippen molar-refractivity contribution >= 4 is 49.9 Å². The maximum Gasteiger partial charge on any atom is 0.263 e. The Balaban J connectivity index is 1.51. The molecular weight excluding hydrogens is 587 g/mol. The van der Waals surface area contributed by atoms with E-state index < -0.39 is 43.8 Å². The predicted octanol–water partition coefficient (Wildman–Crippen LogP) is 1.59. The Kier molecular flexibility index (Phi) is 9.36. The first-order valence-electron chi connectivity index (χ1n) is 12.0. The van der Waals surface area contributed by atoms with Crippen LogP contribution in [0.3, 0.4) is 0 Å². The lowest BCUT2D eigenvalue weighted by Crippen LogP contribution is -2.61. The van der Waals surface area contributed by atoms with Crippen molar-refractivity contribution in [1.82, 2.24) is 24.1 Å². The maximum absolute atomic E-state index is 13.6. The van der Waals surface area contributed by atoms with Crippen LogP contribution >= 0.6 is 24.0 Å². The molecule has 1 unspecified atom stereocenters. The Labute approximate surface area is 236 Å². The van der Waals surface area contributed by atoms with Gasteiger partial charge in [0.2, 0.25) is 10.0 Å². The van der Waals surface area contributed by atoms with E-state index >= 15 is 0 Å². The Morgan fingerprint density at radius 2 is 1.97 bits per heavy atom. The van der Waals surface area contributed by atoms with Gasteiger partial charge in [0.25, 0.3) is 15.9 Å². The second kappa shape index (κ2) is 12.4. The fraction of sp³-hybridized carbons (Fsp3) is 0.391. The van der Waals surface area contributed by atoms with Gasteiger partial charge in [-0.2, -0.15) is 21.2 Å². The van der Waals surface area contributed by atoms with Gasteiger partial charge in [-0.3, -0.25) is 10.0 Å². The largest absolute Gasteiger partial charge is 0.494 e. The molecule has 1 saturated heterocycles. The van der Waals surface area contributed by atoms with Crippen LogP contribution in [0.1, 0.15) is 12.7 Å². The predicted molar refractivity (Wildman–Crippen MR) is 149 cm³/mol. The van der Waals surface area contributed by atoms with Crippen molar-refractivity contribution in [3.05, 3.63) is 54.6 Å². The molecule has 2 atom stereocenters. The lowest BCUT2D eigenvalue weighted by molar-refractivity contribution is -0.134. The average Bonchev–Trinajstić information content (AvgIpc) is 3.61. The van der Waals surface area contributed by atoms with E-state index in [2.05, 4.69) is 22.6 Å². The normalized spacial score (nSPS) is 18.1. The topological polar surface area (TPSA) is 162 Å². The summed E-state index contributed by atoms with van der Waals surface area (Å²) in [5.74, 6) is -0.0894. The first-order chi connectivity index (χ1) is 18.5. The molecule has 0 aliphatic carbocycles. The summed E-state index contributed by atoms with van der Waals surface area (Å²) in [6.45, 7) is 1.52. The minimum absolute atomic E-state index is 0.00713. The molecule has 3 heterocycles. The molecule has 4 rings (SSSR count). The molecule has 16 heteroatoms. The average molecular weight is 616 g/mol. The van der Waals surface area contributed by atoms with Crippen LogP contribution < -0.4 is 10.2 Å². The van der Waals surface area contributed by atoms with E-state index in [-0.39, 0.29) is 29.5 Å². The van der Waals surface area contributed by atoms with E-state index in [1.807, 2.05) is 19.1 Å². The Bertz CT molecular complexity index is 1480. The molecule has 1 aliphatic heterocycles. The molecule has 39 heavy (non-hydrogen) atoms. The third-order valence-corrected chi connectivity index (χ3v) is 12.1. The number of imidazole rings is 1. The summed E-state index contributed by atoms with van der Waals surface area (Å²) in [5.41, 5.74) is 2.27. The molecular formula is C23H29N5O7S4. The molecule has 212 valence electrons. The van der Waals surface area contributed by atoms with Crippen LogP contribution in [-0.4, -0.2) is 89.8 Å². The van der Waals surface area contributed by atoms with Gasteiger partial charge in [0.1, 0.15) is 21.8 Å². The molecule has 1 amide bonds. The number of carbonyl (C=O) groups excluding carboxylic acids is 1. The first-order valence-corrected chi connectivity index (χ1v) is 16.4. The highest BCUT2D eigenvalue weighted by Crippen LogP contribution is 2.34. The smallest absolute Gasteiger partial charge is 0.263 e. The molecule has 0 saturated carbocycles. The number of rotatable bonds is 11. The van der Waals surface area contributed by atoms with E-state index in [4.69, 9.17) is 4.74 Å².